The maximum atomic E-state index is 11.4. The monoisotopic (exact) mass is 202 g/mol. The lowest BCUT2D eigenvalue weighted by Gasteiger charge is -2.31. The second-order valence-electron chi connectivity index (χ2n) is 4.42. The van der Waals surface area contributed by atoms with Crippen LogP contribution in [0.5, 0.6) is 0 Å². The summed E-state index contributed by atoms with van der Waals surface area (Å²) in [5.41, 5.74) is -0.816. The SMILES string of the molecule is CCCC(C)C(O)C(C)(C)C(=O)OC. The summed E-state index contributed by atoms with van der Waals surface area (Å²) >= 11 is 0. The predicted molar refractivity (Wildman–Crippen MR) is 55.9 cm³/mol. The van der Waals surface area contributed by atoms with E-state index < -0.39 is 11.5 Å². The summed E-state index contributed by atoms with van der Waals surface area (Å²) in [6, 6.07) is 0. The molecule has 3 nitrogen and oxygen atoms in total. The van der Waals surface area contributed by atoms with Crippen LogP contribution in [-0.4, -0.2) is 24.3 Å². The fourth-order valence-corrected chi connectivity index (χ4v) is 1.71. The molecule has 0 bridgehead atoms. The van der Waals surface area contributed by atoms with E-state index in [1.54, 1.807) is 13.8 Å². The number of hydrogen-bond donors (Lipinski definition) is 1. The topological polar surface area (TPSA) is 46.5 Å². The second-order valence-corrected chi connectivity index (χ2v) is 4.42. The Bertz CT molecular complexity index is 187. The van der Waals surface area contributed by atoms with Crippen molar-refractivity contribution in [2.45, 2.75) is 46.6 Å². The highest BCUT2D eigenvalue weighted by Gasteiger charge is 2.39. The maximum Gasteiger partial charge on any atom is 0.313 e. The first-order chi connectivity index (χ1) is 6.37. The Kier molecular flexibility index (Phi) is 5.13. The van der Waals surface area contributed by atoms with E-state index in [0.29, 0.717) is 0 Å². The largest absolute Gasteiger partial charge is 0.469 e. The van der Waals surface area contributed by atoms with Gasteiger partial charge in [0.15, 0.2) is 0 Å². The van der Waals surface area contributed by atoms with Gasteiger partial charge in [-0.05, 0) is 26.2 Å². The number of aliphatic hydroxyl groups is 1. The number of aliphatic hydroxyl groups excluding tert-OH is 1. The zero-order valence-corrected chi connectivity index (χ0v) is 9.83. The van der Waals surface area contributed by atoms with E-state index in [-0.39, 0.29) is 11.9 Å². The average Bonchev–Trinajstić information content (AvgIpc) is 2.15. The molecule has 84 valence electrons. The van der Waals surface area contributed by atoms with Crippen molar-refractivity contribution in [3.8, 4) is 0 Å². The van der Waals surface area contributed by atoms with Gasteiger partial charge in [0.25, 0.3) is 0 Å². The van der Waals surface area contributed by atoms with Gasteiger partial charge < -0.3 is 9.84 Å². The van der Waals surface area contributed by atoms with Gasteiger partial charge in [-0.1, -0.05) is 20.3 Å². The normalized spacial score (nSPS) is 16.1. The quantitative estimate of drug-likeness (QED) is 0.693. The molecule has 0 amide bonds. The van der Waals surface area contributed by atoms with Crippen molar-refractivity contribution in [3.63, 3.8) is 0 Å². The molecule has 0 fully saturated rings. The molecule has 0 radical (unpaired) electrons. The molecule has 2 unspecified atom stereocenters. The van der Waals surface area contributed by atoms with Crippen LogP contribution < -0.4 is 0 Å². The molecule has 0 rings (SSSR count). The molecule has 0 aromatic heterocycles. The van der Waals surface area contributed by atoms with Crippen molar-refractivity contribution < 1.29 is 14.6 Å². The van der Waals surface area contributed by atoms with Crippen LogP contribution in [0.1, 0.15) is 40.5 Å². The molecule has 0 spiro atoms. The molecule has 0 heterocycles. The number of rotatable bonds is 5. The first kappa shape index (κ1) is 13.4. The van der Waals surface area contributed by atoms with Crippen molar-refractivity contribution in [1.82, 2.24) is 0 Å². The minimum Gasteiger partial charge on any atom is -0.469 e. The molecule has 0 aliphatic heterocycles. The molecule has 14 heavy (non-hydrogen) atoms. The highest BCUT2D eigenvalue weighted by Crippen LogP contribution is 2.29. The summed E-state index contributed by atoms with van der Waals surface area (Å²) in [6.45, 7) is 7.46. The number of methoxy groups -OCH3 is 1. The molecule has 0 aliphatic rings. The second kappa shape index (κ2) is 5.35. The third-order valence-corrected chi connectivity index (χ3v) is 2.73. The van der Waals surface area contributed by atoms with Crippen molar-refractivity contribution >= 4 is 5.97 Å². The zero-order valence-electron chi connectivity index (χ0n) is 9.83. The van der Waals surface area contributed by atoms with Crippen LogP contribution in [-0.2, 0) is 9.53 Å². The Morgan fingerprint density at radius 2 is 2.00 bits per heavy atom. The number of hydrogen-bond acceptors (Lipinski definition) is 3. The van der Waals surface area contributed by atoms with Crippen LogP contribution in [0.4, 0.5) is 0 Å². The van der Waals surface area contributed by atoms with Gasteiger partial charge in [-0.25, -0.2) is 0 Å². The maximum absolute atomic E-state index is 11.4. The molecule has 0 saturated carbocycles. The predicted octanol–water partition coefficient (Wildman–Crippen LogP) is 1.98. The summed E-state index contributed by atoms with van der Waals surface area (Å²) in [5, 5.41) is 9.98. The number of esters is 1. The summed E-state index contributed by atoms with van der Waals surface area (Å²) < 4.78 is 4.67. The Morgan fingerprint density at radius 3 is 2.36 bits per heavy atom. The van der Waals surface area contributed by atoms with Gasteiger partial charge in [0.1, 0.15) is 0 Å². The lowest BCUT2D eigenvalue weighted by Crippen LogP contribution is -2.41. The third-order valence-electron chi connectivity index (χ3n) is 2.73. The Hall–Kier alpha value is -0.570. The van der Waals surface area contributed by atoms with Gasteiger partial charge >= 0.3 is 5.97 Å². The molecule has 3 heteroatoms. The van der Waals surface area contributed by atoms with Crippen molar-refractivity contribution in [1.29, 1.82) is 0 Å². The fourth-order valence-electron chi connectivity index (χ4n) is 1.71. The summed E-state index contributed by atoms with van der Waals surface area (Å²) in [4.78, 5) is 11.4. The zero-order chi connectivity index (χ0) is 11.4. The van der Waals surface area contributed by atoms with E-state index in [2.05, 4.69) is 11.7 Å². The Labute approximate surface area is 86.5 Å². The average molecular weight is 202 g/mol. The molecule has 0 saturated heterocycles. The first-order valence-corrected chi connectivity index (χ1v) is 5.14. The van der Waals surface area contributed by atoms with Crippen LogP contribution in [0.2, 0.25) is 0 Å². The van der Waals surface area contributed by atoms with Gasteiger partial charge in [-0.2, -0.15) is 0 Å². The molecule has 2 atom stereocenters. The molecular weight excluding hydrogens is 180 g/mol. The fraction of sp³-hybridized carbons (Fsp3) is 0.909. The minimum absolute atomic E-state index is 0.120. The van der Waals surface area contributed by atoms with Crippen LogP contribution in [0, 0.1) is 11.3 Å². The minimum atomic E-state index is -0.816. The number of ether oxygens (including phenoxy) is 1. The molecular formula is C11H22O3. The summed E-state index contributed by atoms with van der Waals surface area (Å²) in [7, 11) is 1.35. The van der Waals surface area contributed by atoms with E-state index in [0.717, 1.165) is 12.8 Å². The van der Waals surface area contributed by atoms with Crippen molar-refractivity contribution in [2.75, 3.05) is 7.11 Å². The van der Waals surface area contributed by atoms with Crippen LogP contribution in [0.15, 0.2) is 0 Å². The lowest BCUT2D eigenvalue weighted by molar-refractivity contribution is -0.159. The van der Waals surface area contributed by atoms with Gasteiger partial charge in [-0.3, -0.25) is 4.79 Å². The number of carbonyl (C=O) groups is 1. The van der Waals surface area contributed by atoms with E-state index in [9.17, 15) is 9.90 Å². The van der Waals surface area contributed by atoms with Gasteiger partial charge in [0.05, 0.1) is 18.6 Å². The molecule has 0 aliphatic carbocycles. The van der Waals surface area contributed by atoms with Gasteiger partial charge in [0, 0.05) is 0 Å². The van der Waals surface area contributed by atoms with E-state index in [1.165, 1.54) is 7.11 Å². The third kappa shape index (κ3) is 2.98. The standard InChI is InChI=1S/C11H22O3/c1-6-7-8(2)9(12)11(3,4)10(13)14-5/h8-9,12H,6-7H2,1-5H3. The van der Waals surface area contributed by atoms with Crippen LogP contribution in [0.3, 0.4) is 0 Å². The lowest BCUT2D eigenvalue weighted by atomic mass is 9.79. The van der Waals surface area contributed by atoms with Crippen molar-refractivity contribution in [3.05, 3.63) is 0 Å². The van der Waals surface area contributed by atoms with E-state index in [1.807, 2.05) is 6.92 Å². The van der Waals surface area contributed by atoms with Gasteiger partial charge in [0.2, 0.25) is 0 Å². The summed E-state index contributed by atoms with van der Waals surface area (Å²) in [6.07, 6.45) is 1.28. The number of carbonyl (C=O) groups excluding carboxylic acids is 1. The van der Waals surface area contributed by atoms with Crippen molar-refractivity contribution in [2.24, 2.45) is 11.3 Å². The first-order valence-electron chi connectivity index (χ1n) is 5.14. The van der Waals surface area contributed by atoms with E-state index >= 15 is 0 Å². The molecule has 1 N–H and O–H groups in total. The Balaban J connectivity index is 4.48. The highest BCUT2D eigenvalue weighted by molar-refractivity contribution is 5.76. The molecule has 0 aromatic rings. The Morgan fingerprint density at radius 1 is 1.50 bits per heavy atom. The molecule has 0 aromatic carbocycles. The van der Waals surface area contributed by atoms with Crippen LogP contribution in [0.25, 0.3) is 0 Å². The van der Waals surface area contributed by atoms with Crippen LogP contribution >= 0.6 is 0 Å². The summed E-state index contributed by atoms with van der Waals surface area (Å²) in [5.74, 6) is -0.234. The van der Waals surface area contributed by atoms with E-state index in [4.69, 9.17) is 0 Å². The van der Waals surface area contributed by atoms with Gasteiger partial charge in [-0.15, -0.1) is 0 Å². The smallest absolute Gasteiger partial charge is 0.313 e. The highest BCUT2D eigenvalue weighted by atomic mass is 16.5.